The Morgan fingerprint density at radius 1 is 1.23 bits per heavy atom. The largest absolute Gasteiger partial charge is 0.458 e. The number of carbonyl (C=O) groups excluding carboxylic acids is 3. The predicted octanol–water partition coefficient (Wildman–Crippen LogP) is 3.81. The van der Waals surface area contributed by atoms with Crippen molar-refractivity contribution in [2.24, 2.45) is 17.3 Å². The summed E-state index contributed by atoms with van der Waals surface area (Å²) in [4.78, 5) is 42.3. The van der Waals surface area contributed by atoms with Crippen molar-refractivity contribution in [3.05, 3.63) is 21.7 Å². The lowest BCUT2D eigenvalue weighted by Gasteiger charge is -2.34. The highest BCUT2D eigenvalue weighted by atomic mass is 32.1. The number of epoxide rings is 1. The van der Waals surface area contributed by atoms with E-state index in [9.17, 15) is 24.6 Å². The second kappa shape index (κ2) is 13.5. The molecule has 2 saturated heterocycles. The number of fused-ring (bicyclic) bond motifs is 1. The number of carbonyl (C=O) groups is 3. The van der Waals surface area contributed by atoms with Crippen LogP contribution in [0.1, 0.15) is 90.8 Å². The molecule has 3 N–H and O–H groups in total. The number of thiazole rings is 1. The molecule has 9 nitrogen and oxygen atoms in total. The number of Topliss-reactive ketones (excluding diaryl/α,β-unsaturated/α-hetero) is 1. The maximum Gasteiger partial charge on any atom is 0.309 e. The molecule has 218 valence electrons. The molecule has 2 aliphatic heterocycles. The Morgan fingerprint density at radius 3 is 2.64 bits per heavy atom. The molecule has 0 radical (unpaired) electrons. The number of hydrogen-bond donors (Lipinski definition) is 3. The van der Waals surface area contributed by atoms with Crippen LogP contribution in [0.5, 0.6) is 0 Å². The van der Waals surface area contributed by atoms with Gasteiger partial charge in [-0.25, -0.2) is 4.98 Å². The number of hydrogen-bond acceptors (Lipinski definition) is 9. The lowest BCUT2D eigenvalue weighted by Crippen LogP contribution is -2.45. The van der Waals surface area contributed by atoms with Gasteiger partial charge in [0, 0.05) is 24.1 Å². The summed E-state index contributed by atoms with van der Waals surface area (Å²) < 4.78 is 11.8. The number of cyclic esters (lactones) is 1. The molecule has 7 atom stereocenters. The average Bonchev–Trinajstić information content (AvgIpc) is 3.47. The smallest absolute Gasteiger partial charge is 0.309 e. The number of aliphatic hydroxyl groups excluding tert-OH is 2. The Hall–Kier alpha value is -2.14. The van der Waals surface area contributed by atoms with Crippen LogP contribution in [-0.2, 0) is 30.4 Å². The third-order valence-electron chi connectivity index (χ3n) is 8.10. The van der Waals surface area contributed by atoms with Gasteiger partial charge in [-0.1, -0.05) is 41.0 Å². The Bertz CT molecular complexity index is 1050. The number of ether oxygens (including phenoxy) is 2. The fourth-order valence-corrected chi connectivity index (χ4v) is 5.80. The summed E-state index contributed by atoms with van der Waals surface area (Å²) >= 11 is 1.44. The van der Waals surface area contributed by atoms with Gasteiger partial charge in [0.05, 0.1) is 48.5 Å². The monoisotopic (exact) mass is 564 g/mol. The Morgan fingerprint density at radius 2 is 1.95 bits per heavy atom. The molecule has 0 spiro atoms. The molecular formula is C29H44N2O7S. The lowest BCUT2D eigenvalue weighted by atomic mass is 9.73. The van der Waals surface area contributed by atoms with Crippen LogP contribution in [0.15, 0.2) is 11.0 Å². The van der Waals surface area contributed by atoms with Crippen molar-refractivity contribution in [2.75, 3.05) is 0 Å². The molecule has 0 aliphatic carbocycles. The molecule has 39 heavy (non-hydrogen) atoms. The van der Waals surface area contributed by atoms with Gasteiger partial charge in [0.1, 0.15) is 16.9 Å². The molecule has 0 saturated carbocycles. The van der Waals surface area contributed by atoms with E-state index in [1.807, 2.05) is 25.3 Å². The first-order valence-electron chi connectivity index (χ1n) is 14.0. The minimum absolute atomic E-state index is 0.0393. The van der Waals surface area contributed by atoms with Crippen molar-refractivity contribution in [3.8, 4) is 0 Å². The van der Waals surface area contributed by atoms with Gasteiger partial charge in [-0.15, -0.1) is 11.3 Å². The SMILES string of the molecule is CCC(=O)NCc1nc(/C=C(\C)[C@@H]2C[C@@H]3O[C@@H]3CCC[C@@H](C)[C@H](O)[C@@H](C)C(=O)C(C)(C)[C@@H](O)CC(=O)O2)cs1. The summed E-state index contributed by atoms with van der Waals surface area (Å²) in [6.45, 7) is 10.9. The first kappa shape index (κ1) is 31.4. The predicted molar refractivity (Wildman–Crippen MR) is 149 cm³/mol. The van der Waals surface area contributed by atoms with E-state index in [1.165, 1.54) is 11.3 Å². The number of amides is 1. The van der Waals surface area contributed by atoms with Crippen molar-refractivity contribution in [3.63, 3.8) is 0 Å². The van der Waals surface area contributed by atoms with Crippen LogP contribution in [0.2, 0.25) is 0 Å². The summed E-state index contributed by atoms with van der Waals surface area (Å²) in [7, 11) is 0. The Labute approximate surface area is 235 Å². The van der Waals surface area contributed by atoms with Gasteiger partial charge in [0.25, 0.3) is 0 Å². The van der Waals surface area contributed by atoms with Gasteiger partial charge in [0.15, 0.2) is 0 Å². The van der Waals surface area contributed by atoms with Crippen LogP contribution < -0.4 is 5.32 Å². The molecule has 0 bridgehead atoms. The van der Waals surface area contributed by atoms with E-state index >= 15 is 0 Å². The normalized spacial score (nSPS) is 32.7. The second-order valence-electron chi connectivity index (χ2n) is 11.6. The number of esters is 1. The molecule has 1 amide bonds. The van der Waals surface area contributed by atoms with Gasteiger partial charge in [-0.2, -0.15) is 0 Å². The summed E-state index contributed by atoms with van der Waals surface area (Å²) in [6.07, 6.45) is 2.22. The number of rotatable bonds is 5. The summed E-state index contributed by atoms with van der Waals surface area (Å²) in [5.74, 6) is -1.67. The minimum Gasteiger partial charge on any atom is -0.458 e. The van der Waals surface area contributed by atoms with Gasteiger partial charge >= 0.3 is 5.97 Å². The van der Waals surface area contributed by atoms with Gasteiger partial charge in [-0.3, -0.25) is 14.4 Å². The standard InChI is InChI=1S/C29H44N2O7S/c1-7-24(33)30-14-25-31-19(15-39-25)11-17(3)21-12-22-20(37-22)10-8-9-16(2)27(35)18(4)28(36)29(5,6)23(32)13-26(34)38-21/h11,15-16,18,20-23,27,32,35H,7-10,12-14H2,1-6H3,(H,30,33)/b17-11+/t16-,18-,20-,21+,22+,23+,27+/m1/s1. The van der Waals surface area contributed by atoms with Crippen molar-refractivity contribution in [1.82, 2.24) is 10.3 Å². The van der Waals surface area contributed by atoms with Crippen LogP contribution in [0.4, 0.5) is 0 Å². The van der Waals surface area contributed by atoms with Crippen LogP contribution in [0.3, 0.4) is 0 Å². The van der Waals surface area contributed by atoms with Crippen molar-refractivity contribution in [2.45, 2.75) is 117 Å². The molecular weight excluding hydrogens is 520 g/mol. The van der Waals surface area contributed by atoms with Crippen LogP contribution in [0, 0.1) is 17.3 Å². The maximum absolute atomic E-state index is 13.2. The lowest BCUT2D eigenvalue weighted by molar-refractivity contribution is -0.154. The fourth-order valence-electron chi connectivity index (χ4n) is 5.11. The summed E-state index contributed by atoms with van der Waals surface area (Å²) in [5, 5.41) is 27.2. The van der Waals surface area contributed by atoms with E-state index < -0.39 is 35.6 Å². The van der Waals surface area contributed by atoms with Crippen LogP contribution in [-0.4, -0.2) is 63.4 Å². The van der Waals surface area contributed by atoms with E-state index in [1.54, 1.807) is 27.7 Å². The quantitative estimate of drug-likeness (QED) is 0.363. The highest BCUT2D eigenvalue weighted by molar-refractivity contribution is 7.09. The zero-order valence-corrected chi connectivity index (χ0v) is 24.8. The van der Waals surface area contributed by atoms with E-state index in [0.717, 1.165) is 29.8 Å². The fraction of sp³-hybridized carbons (Fsp3) is 0.724. The molecule has 3 heterocycles. The highest BCUT2D eigenvalue weighted by Crippen LogP contribution is 2.36. The number of aromatic nitrogens is 1. The first-order chi connectivity index (χ1) is 18.3. The van der Waals surface area contributed by atoms with E-state index in [4.69, 9.17) is 9.47 Å². The number of aliphatic hydroxyl groups is 2. The zero-order valence-electron chi connectivity index (χ0n) is 23.9. The van der Waals surface area contributed by atoms with Crippen molar-refractivity contribution in [1.29, 1.82) is 0 Å². The summed E-state index contributed by atoms with van der Waals surface area (Å²) in [6, 6.07) is 0. The maximum atomic E-state index is 13.2. The molecule has 0 unspecified atom stereocenters. The molecule has 3 rings (SSSR count). The molecule has 2 aliphatic rings. The van der Waals surface area contributed by atoms with Gasteiger partial charge in [-0.05, 0) is 37.3 Å². The summed E-state index contributed by atoms with van der Waals surface area (Å²) in [5.41, 5.74) is 0.275. The number of nitrogens with one attached hydrogen (secondary N) is 1. The van der Waals surface area contributed by atoms with E-state index in [0.29, 0.717) is 25.1 Å². The van der Waals surface area contributed by atoms with Crippen LogP contribution in [0.25, 0.3) is 6.08 Å². The molecule has 0 aromatic carbocycles. The first-order valence-corrected chi connectivity index (χ1v) is 14.9. The van der Waals surface area contributed by atoms with E-state index in [-0.39, 0.29) is 36.2 Å². The third-order valence-corrected chi connectivity index (χ3v) is 8.97. The number of ketones is 1. The number of nitrogens with zero attached hydrogens (tertiary/aromatic N) is 1. The molecule has 1 aromatic rings. The zero-order chi connectivity index (χ0) is 28.9. The molecule has 10 heteroatoms. The second-order valence-corrected chi connectivity index (χ2v) is 12.5. The van der Waals surface area contributed by atoms with Gasteiger partial charge in [0.2, 0.25) is 5.91 Å². The average molecular weight is 565 g/mol. The van der Waals surface area contributed by atoms with E-state index in [2.05, 4.69) is 10.3 Å². The Balaban J connectivity index is 1.77. The van der Waals surface area contributed by atoms with Crippen LogP contribution >= 0.6 is 11.3 Å². The molecule has 2 fully saturated rings. The van der Waals surface area contributed by atoms with Crippen molar-refractivity contribution < 1.29 is 34.1 Å². The Kier molecular flexibility index (Phi) is 10.8. The third kappa shape index (κ3) is 8.42. The van der Waals surface area contributed by atoms with Crippen molar-refractivity contribution >= 4 is 35.1 Å². The van der Waals surface area contributed by atoms with Gasteiger partial charge < -0.3 is 25.0 Å². The minimum atomic E-state index is -1.26. The highest BCUT2D eigenvalue weighted by Gasteiger charge is 2.44. The topological polar surface area (TPSA) is 138 Å². The molecule has 1 aromatic heterocycles.